The molecule has 1 aliphatic rings. The molecule has 2 heterocycles. The Morgan fingerprint density at radius 2 is 2.16 bits per heavy atom. The Morgan fingerprint density at radius 1 is 1.37 bits per heavy atom. The van der Waals surface area contributed by atoms with Crippen LogP contribution in [-0.2, 0) is 4.74 Å². The first-order valence-corrected chi connectivity index (χ1v) is 7.25. The fourth-order valence-corrected chi connectivity index (χ4v) is 2.90. The molecule has 0 amide bonds. The highest BCUT2D eigenvalue weighted by molar-refractivity contribution is 9.10. The van der Waals surface area contributed by atoms with Crippen LogP contribution in [0.5, 0.6) is 0 Å². The second-order valence-corrected chi connectivity index (χ2v) is 5.78. The summed E-state index contributed by atoms with van der Waals surface area (Å²) in [6.45, 7) is 2.60. The van der Waals surface area contributed by atoms with Gasteiger partial charge in [0.25, 0.3) is 0 Å². The highest BCUT2D eigenvalue weighted by Gasteiger charge is 2.14. The first-order valence-electron chi connectivity index (χ1n) is 6.45. The van der Waals surface area contributed by atoms with Crippen molar-refractivity contribution in [3.63, 3.8) is 0 Å². The molecule has 1 fully saturated rings. The number of hydrogen-bond acceptors (Lipinski definition) is 3. The van der Waals surface area contributed by atoms with Gasteiger partial charge in [0.1, 0.15) is 0 Å². The summed E-state index contributed by atoms with van der Waals surface area (Å²) in [5.74, 6) is 0.557. The summed E-state index contributed by atoms with van der Waals surface area (Å²) in [4.78, 5) is 16.8. The summed E-state index contributed by atoms with van der Waals surface area (Å²) in [6, 6.07) is 3.86. The molecule has 0 radical (unpaired) electrons. The fraction of sp³-hybridized carbons (Fsp3) is 0.462. The van der Waals surface area contributed by atoms with Crippen LogP contribution in [0.3, 0.4) is 0 Å². The Balaban J connectivity index is 1.76. The van der Waals surface area contributed by atoms with Crippen LogP contribution in [0, 0.1) is 5.92 Å². The zero-order chi connectivity index (χ0) is 13.2. The normalized spacial score (nSPS) is 19.7. The number of anilines is 1. The Hall–Kier alpha value is -1.27. The standard InChI is InChI=1S/C13H16BrN3O2/c14-9-4-11-12(17-13(18)16-11)5-10(9)15-6-8-2-1-3-19-7-8/h4-5,8,15H,1-3,6-7H2,(H2,16,17,18). The lowest BCUT2D eigenvalue weighted by Gasteiger charge is -2.23. The number of H-pyrrole nitrogens is 2. The van der Waals surface area contributed by atoms with E-state index >= 15 is 0 Å². The summed E-state index contributed by atoms with van der Waals surface area (Å²) in [6.07, 6.45) is 2.34. The summed E-state index contributed by atoms with van der Waals surface area (Å²) in [7, 11) is 0. The molecule has 1 atom stereocenters. The third-order valence-electron chi connectivity index (χ3n) is 3.44. The minimum absolute atomic E-state index is 0.181. The molecule has 0 bridgehead atoms. The lowest BCUT2D eigenvalue weighted by molar-refractivity contribution is 0.0595. The third-order valence-corrected chi connectivity index (χ3v) is 4.10. The zero-order valence-electron chi connectivity index (χ0n) is 10.5. The van der Waals surface area contributed by atoms with Gasteiger partial charge < -0.3 is 20.0 Å². The summed E-state index contributed by atoms with van der Waals surface area (Å²) >= 11 is 3.52. The van der Waals surface area contributed by atoms with E-state index in [1.165, 1.54) is 6.42 Å². The van der Waals surface area contributed by atoms with Crippen LogP contribution >= 0.6 is 15.9 Å². The quantitative estimate of drug-likeness (QED) is 0.811. The van der Waals surface area contributed by atoms with Gasteiger partial charge in [0.05, 0.1) is 23.3 Å². The average molecular weight is 326 g/mol. The number of imidazole rings is 1. The van der Waals surface area contributed by atoms with Crippen LogP contribution in [-0.4, -0.2) is 29.7 Å². The van der Waals surface area contributed by atoms with E-state index in [0.29, 0.717) is 5.92 Å². The number of aromatic nitrogens is 2. The molecule has 1 saturated heterocycles. The summed E-state index contributed by atoms with van der Waals surface area (Å²) in [5, 5.41) is 3.42. The first-order chi connectivity index (χ1) is 9.22. The molecule has 1 aromatic carbocycles. The van der Waals surface area contributed by atoms with Gasteiger partial charge in [0, 0.05) is 17.6 Å². The maximum absolute atomic E-state index is 11.3. The Bertz CT molecular complexity index is 628. The summed E-state index contributed by atoms with van der Waals surface area (Å²) < 4.78 is 6.42. The monoisotopic (exact) mass is 325 g/mol. The van der Waals surface area contributed by atoms with Crippen molar-refractivity contribution < 1.29 is 4.74 Å². The van der Waals surface area contributed by atoms with Crippen molar-refractivity contribution in [3.05, 3.63) is 27.1 Å². The third kappa shape index (κ3) is 2.84. The van der Waals surface area contributed by atoms with Gasteiger partial charge in [-0.15, -0.1) is 0 Å². The number of benzene rings is 1. The van der Waals surface area contributed by atoms with E-state index in [4.69, 9.17) is 4.74 Å². The number of hydrogen-bond donors (Lipinski definition) is 3. The summed E-state index contributed by atoms with van der Waals surface area (Å²) in [5.41, 5.74) is 2.44. The van der Waals surface area contributed by atoms with Crippen molar-refractivity contribution in [1.82, 2.24) is 9.97 Å². The number of nitrogens with one attached hydrogen (secondary N) is 3. The number of aromatic amines is 2. The zero-order valence-corrected chi connectivity index (χ0v) is 12.0. The number of ether oxygens (including phenoxy) is 1. The molecular formula is C13H16BrN3O2. The van der Waals surface area contributed by atoms with Crippen LogP contribution in [0.1, 0.15) is 12.8 Å². The van der Waals surface area contributed by atoms with Gasteiger partial charge in [-0.1, -0.05) is 0 Å². The van der Waals surface area contributed by atoms with Crippen molar-refractivity contribution in [1.29, 1.82) is 0 Å². The van der Waals surface area contributed by atoms with E-state index in [2.05, 4.69) is 31.2 Å². The molecule has 5 nitrogen and oxygen atoms in total. The average Bonchev–Trinajstić information content (AvgIpc) is 2.76. The van der Waals surface area contributed by atoms with Gasteiger partial charge in [0.15, 0.2) is 0 Å². The van der Waals surface area contributed by atoms with E-state index < -0.39 is 0 Å². The highest BCUT2D eigenvalue weighted by Crippen LogP contribution is 2.27. The number of halogens is 1. The van der Waals surface area contributed by atoms with E-state index in [1.54, 1.807) is 0 Å². The second kappa shape index (κ2) is 5.38. The van der Waals surface area contributed by atoms with Crippen molar-refractivity contribution in [2.75, 3.05) is 25.1 Å². The predicted octanol–water partition coefficient (Wildman–Crippen LogP) is 2.46. The molecule has 19 heavy (non-hydrogen) atoms. The maximum atomic E-state index is 11.3. The molecule has 0 saturated carbocycles. The molecule has 2 aromatic rings. The van der Waals surface area contributed by atoms with Crippen molar-refractivity contribution >= 4 is 32.7 Å². The van der Waals surface area contributed by atoms with E-state index in [1.807, 2.05) is 12.1 Å². The Labute approximate surface area is 118 Å². The van der Waals surface area contributed by atoms with Gasteiger partial charge in [0.2, 0.25) is 0 Å². The Kier molecular flexibility index (Phi) is 3.61. The molecule has 6 heteroatoms. The molecule has 1 unspecified atom stereocenters. The molecule has 0 aliphatic carbocycles. The van der Waals surface area contributed by atoms with Crippen LogP contribution < -0.4 is 11.0 Å². The van der Waals surface area contributed by atoms with E-state index in [0.717, 1.165) is 47.4 Å². The minimum atomic E-state index is -0.181. The Morgan fingerprint density at radius 3 is 2.89 bits per heavy atom. The first kappa shape index (κ1) is 12.7. The lowest BCUT2D eigenvalue weighted by Crippen LogP contribution is -2.24. The van der Waals surface area contributed by atoms with Crippen molar-refractivity contribution in [2.45, 2.75) is 12.8 Å². The van der Waals surface area contributed by atoms with Crippen LogP contribution in [0.15, 0.2) is 21.4 Å². The van der Waals surface area contributed by atoms with Crippen molar-refractivity contribution in [3.8, 4) is 0 Å². The topological polar surface area (TPSA) is 69.9 Å². The van der Waals surface area contributed by atoms with Gasteiger partial charge in [-0.25, -0.2) is 4.79 Å². The van der Waals surface area contributed by atoms with Crippen LogP contribution in [0.25, 0.3) is 11.0 Å². The van der Waals surface area contributed by atoms with Crippen LogP contribution in [0.4, 0.5) is 5.69 Å². The van der Waals surface area contributed by atoms with E-state index in [9.17, 15) is 4.79 Å². The largest absolute Gasteiger partial charge is 0.384 e. The minimum Gasteiger partial charge on any atom is -0.384 e. The number of fused-ring (bicyclic) bond motifs is 1. The molecule has 0 spiro atoms. The lowest BCUT2D eigenvalue weighted by atomic mass is 10.0. The smallest absolute Gasteiger partial charge is 0.323 e. The molecular weight excluding hydrogens is 310 g/mol. The molecule has 3 rings (SSSR count). The maximum Gasteiger partial charge on any atom is 0.323 e. The fourth-order valence-electron chi connectivity index (χ4n) is 2.41. The second-order valence-electron chi connectivity index (χ2n) is 4.92. The van der Waals surface area contributed by atoms with Crippen LogP contribution in [0.2, 0.25) is 0 Å². The van der Waals surface area contributed by atoms with Crippen molar-refractivity contribution in [2.24, 2.45) is 5.92 Å². The molecule has 1 aliphatic heterocycles. The van der Waals surface area contributed by atoms with Gasteiger partial charge in [-0.2, -0.15) is 0 Å². The van der Waals surface area contributed by atoms with Gasteiger partial charge in [-0.3, -0.25) is 0 Å². The highest BCUT2D eigenvalue weighted by atomic mass is 79.9. The number of rotatable bonds is 3. The predicted molar refractivity (Wildman–Crippen MR) is 78.7 cm³/mol. The SMILES string of the molecule is O=c1[nH]c2cc(Br)c(NCC3CCCOC3)cc2[nH]1. The molecule has 1 aromatic heterocycles. The van der Waals surface area contributed by atoms with E-state index in [-0.39, 0.29) is 5.69 Å². The molecule has 3 N–H and O–H groups in total. The molecule has 102 valence electrons. The van der Waals surface area contributed by atoms with Gasteiger partial charge in [-0.05, 0) is 46.8 Å². The van der Waals surface area contributed by atoms with Gasteiger partial charge >= 0.3 is 5.69 Å².